The second-order valence-electron chi connectivity index (χ2n) is 8.08. The van der Waals surface area contributed by atoms with Gasteiger partial charge in [0.25, 0.3) is 0 Å². The zero-order valence-corrected chi connectivity index (χ0v) is 14.9. The Kier molecular flexibility index (Phi) is 4.61. The van der Waals surface area contributed by atoms with Crippen LogP contribution in [0.4, 0.5) is 5.82 Å². The van der Waals surface area contributed by atoms with Crippen LogP contribution in [0.2, 0.25) is 0 Å². The number of anilines is 1. The van der Waals surface area contributed by atoms with E-state index in [1.54, 1.807) is 13.4 Å². The van der Waals surface area contributed by atoms with E-state index in [1.807, 2.05) is 6.07 Å². The number of nitrogens with zero attached hydrogens (tertiary/aromatic N) is 4. The first-order valence-electron chi connectivity index (χ1n) is 9.60. The van der Waals surface area contributed by atoms with E-state index >= 15 is 0 Å². The topological polar surface area (TPSA) is 41.5 Å². The predicted octanol–water partition coefficient (Wildman–Crippen LogP) is 2.97. The molecule has 0 aromatic carbocycles. The van der Waals surface area contributed by atoms with Crippen LogP contribution in [0.5, 0.6) is 5.88 Å². The van der Waals surface area contributed by atoms with E-state index in [1.165, 1.54) is 64.6 Å². The number of piperidine rings is 1. The van der Waals surface area contributed by atoms with Crippen molar-refractivity contribution in [2.75, 3.05) is 44.7 Å². The van der Waals surface area contributed by atoms with E-state index < -0.39 is 0 Å². The van der Waals surface area contributed by atoms with E-state index in [4.69, 9.17) is 4.74 Å². The molecule has 4 rings (SSSR count). The van der Waals surface area contributed by atoms with Crippen molar-refractivity contribution in [3.8, 4) is 5.88 Å². The molecule has 1 spiro atoms. The molecule has 5 heteroatoms. The van der Waals surface area contributed by atoms with Crippen LogP contribution in [0.3, 0.4) is 0 Å². The minimum absolute atomic E-state index is 0.467. The number of methoxy groups -OCH3 is 1. The van der Waals surface area contributed by atoms with Gasteiger partial charge in [0.1, 0.15) is 12.1 Å². The standard InChI is InChI=1S/C19H30N4O/c1-24-18-11-17(20-15-21-18)23-9-4-7-19(14-23)8-10-22(13-19)12-16-5-2-3-6-16/h11,15-16H,2-10,12-14H2,1H3. The molecule has 3 fully saturated rings. The molecule has 2 saturated heterocycles. The average Bonchev–Trinajstić information content (AvgIpc) is 3.26. The number of aromatic nitrogens is 2. The minimum Gasteiger partial charge on any atom is -0.481 e. The van der Waals surface area contributed by atoms with Crippen LogP contribution in [0.15, 0.2) is 12.4 Å². The van der Waals surface area contributed by atoms with E-state index in [0.29, 0.717) is 11.3 Å². The fraction of sp³-hybridized carbons (Fsp3) is 0.789. The van der Waals surface area contributed by atoms with E-state index in [9.17, 15) is 0 Å². The number of ether oxygens (including phenoxy) is 1. The third-order valence-corrected chi connectivity index (χ3v) is 6.33. The lowest BCUT2D eigenvalue weighted by Gasteiger charge is -2.41. The van der Waals surface area contributed by atoms with Gasteiger partial charge in [-0.3, -0.25) is 0 Å². The van der Waals surface area contributed by atoms with Crippen molar-refractivity contribution in [2.24, 2.45) is 11.3 Å². The maximum absolute atomic E-state index is 5.27. The number of hydrogen-bond acceptors (Lipinski definition) is 5. The fourth-order valence-corrected chi connectivity index (χ4v) is 5.09. The lowest BCUT2D eigenvalue weighted by molar-refractivity contribution is 0.204. The molecule has 1 atom stereocenters. The summed E-state index contributed by atoms with van der Waals surface area (Å²) in [5, 5.41) is 0. The molecular formula is C19H30N4O. The molecule has 1 aliphatic carbocycles. The van der Waals surface area contributed by atoms with Crippen LogP contribution in [0, 0.1) is 11.3 Å². The maximum Gasteiger partial charge on any atom is 0.218 e. The highest BCUT2D eigenvalue weighted by molar-refractivity contribution is 5.41. The Morgan fingerprint density at radius 1 is 1.12 bits per heavy atom. The summed E-state index contributed by atoms with van der Waals surface area (Å²) < 4.78 is 5.27. The molecule has 1 aromatic rings. The van der Waals surface area contributed by atoms with Gasteiger partial charge in [-0.2, -0.15) is 0 Å². The Morgan fingerprint density at radius 2 is 2.00 bits per heavy atom. The second-order valence-corrected chi connectivity index (χ2v) is 8.08. The van der Waals surface area contributed by atoms with Crippen molar-refractivity contribution in [1.82, 2.24) is 14.9 Å². The van der Waals surface area contributed by atoms with E-state index in [2.05, 4.69) is 19.8 Å². The molecule has 1 unspecified atom stereocenters. The van der Waals surface area contributed by atoms with Crippen LogP contribution in [-0.2, 0) is 0 Å². The van der Waals surface area contributed by atoms with Crippen molar-refractivity contribution < 1.29 is 4.74 Å². The molecule has 2 aliphatic heterocycles. The Labute approximate surface area is 145 Å². The van der Waals surface area contributed by atoms with Crippen molar-refractivity contribution in [3.05, 3.63) is 12.4 Å². The Morgan fingerprint density at radius 3 is 2.83 bits per heavy atom. The van der Waals surface area contributed by atoms with Crippen LogP contribution >= 0.6 is 0 Å². The van der Waals surface area contributed by atoms with Gasteiger partial charge in [0.05, 0.1) is 7.11 Å². The van der Waals surface area contributed by atoms with Gasteiger partial charge in [0.15, 0.2) is 0 Å². The molecule has 132 valence electrons. The summed E-state index contributed by atoms with van der Waals surface area (Å²) in [6.45, 7) is 6.14. The lowest BCUT2D eigenvalue weighted by Crippen LogP contribution is -2.45. The molecular weight excluding hydrogens is 300 g/mol. The van der Waals surface area contributed by atoms with Gasteiger partial charge in [-0.1, -0.05) is 12.8 Å². The summed E-state index contributed by atoms with van der Waals surface area (Å²) in [6, 6.07) is 1.98. The molecule has 0 radical (unpaired) electrons. The van der Waals surface area contributed by atoms with Crippen LogP contribution in [0.25, 0.3) is 0 Å². The van der Waals surface area contributed by atoms with E-state index in [0.717, 1.165) is 24.8 Å². The zero-order chi connectivity index (χ0) is 16.4. The first kappa shape index (κ1) is 16.1. The van der Waals surface area contributed by atoms with Gasteiger partial charge >= 0.3 is 0 Å². The summed E-state index contributed by atoms with van der Waals surface area (Å²) in [7, 11) is 1.67. The van der Waals surface area contributed by atoms with Crippen molar-refractivity contribution in [3.63, 3.8) is 0 Å². The monoisotopic (exact) mass is 330 g/mol. The average molecular weight is 330 g/mol. The molecule has 5 nitrogen and oxygen atoms in total. The summed E-state index contributed by atoms with van der Waals surface area (Å²) >= 11 is 0. The molecule has 3 aliphatic rings. The van der Waals surface area contributed by atoms with Crippen LogP contribution < -0.4 is 9.64 Å². The molecule has 0 amide bonds. The maximum atomic E-state index is 5.27. The summed E-state index contributed by atoms with van der Waals surface area (Å²) in [4.78, 5) is 13.8. The Bertz CT molecular complexity index is 560. The Balaban J connectivity index is 1.40. The first-order chi connectivity index (χ1) is 11.8. The quantitative estimate of drug-likeness (QED) is 0.849. The number of hydrogen-bond donors (Lipinski definition) is 0. The molecule has 3 heterocycles. The highest BCUT2D eigenvalue weighted by Crippen LogP contribution is 2.41. The van der Waals surface area contributed by atoms with Crippen molar-refractivity contribution >= 4 is 5.82 Å². The van der Waals surface area contributed by atoms with Gasteiger partial charge in [-0.15, -0.1) is 0 Å². The molecule has 1 saturated carbocycles. The highest BCUT2D eigenvalue weighted by Gasteiger charge is 2.42. The lowest BCUT2D eigenvalue weighted by atomic mass is 9.79. The Hall–Kier alpha value is -1.36. The van der Waals surface area contributed by atoms with E-state index in [-0.39, 0.29) is 0 Å². The fourth-order valence-electron chi connectivity index (χ4n) is 5.09. The van der Waals surface area contributed by atoms with Crippen LogP contribution in [0.1, 0.15) is 44.9 Å². The smallest absolute Gasteiger partial charge is 0.218 e. The highest BCUT2D eigenvalue weighted by atomic mass is 16.5. The minimum atomic E-state index is 0.467. The van der Waals surface area contributed by atoms with Gasteiger partial charge in [-0.05, 0) is 44.6 Å². The number of likely N-dealkylation sites (tertiary alicyclic amines) is 1. The summed E-state index contributed by atoms with van der Waals surface area (Å²) in [6.07, 6.45) is 11.4. The second kappa shape index (κ2) is 6.87. The summed E-state index contributed by atoms with van der Waals surface area (Å²) in [5.74, 6) is 2.65. The van der Waals surface area contributed by atoms with Gasteiger partial charge in [-0.25, -0.2) is 9.97 Å². The largest absolute Gasteiger partial charge is 0.481 e. The SMILES string of the molecule is COc1cc(N2CCCC3(CCN(CC4CCCC4)C3)C2)ncn1. The molecule has 0 N–H and O–H groups in total. The normalized spacial score (nSPS) is 28.8. The predicted molar refractivity (Wildman–Crippen MR) is 95.5 cm³/mol. The van der Waals surface area contributed by atoms with Crippen molar-refractivity contribution in [2.45, 2.75) is 44.9 Å². The van der Waals surface area contributed by atoms with Gasteiger partial charge < -0.3 is 14.5 Å². The van der Waals surface area contributed by atoms with Crippen molar-refractivity contribution in [1.29, 1.82) is 0 Å². The summed E-state index contributed by atoms with van der Waals surface area (Å²) in [5.41, 5.74) is 0.467. The molecule has 0 bridgehead atoms. The van der Waals surface area contributed by atoms with Gasteiger partial charge in [0.2, 0.25) is 5.88 Å². The van der Waals surface area contributed by atoms with Crippen LogP contribution in [-0.4, -0.2) is 54.7 Å². The van der Waals surface area contributed by atoms with Gasteiger partial charge in [0, 0.05) is 37.7 Å². The third kappa shape index (κ3) is 3.37. The number of rotatable bonds is 4. The molecule has 24 heavy (non-hydrogen) atoms. The first-order valence-corrected chi connectivity index (χ1v) is 9.60. The molecule has 1 aromatic heterocycles. The zero-order valence-electron chi connectivity index (χ0n) is 14.9. The third-order valence-electron chi connectivity index (χ3n) is 6.33.